The number of halogens is 1. The molecule has 1 heterocycles. The van der Waals surface area contributed by atoms with Crippen molar-refractivity contribution in [2.45, 2.75) is 64.3 Å². The number of aromatic nitrogens is 1. The van der Waals surface area contributed by atoms with Gasteiger partial charge in [-0.25, -0.2) is 17.8 Å². The second-order valence-electron chi connectivity index (χ2n) is 10.2. The molecule has 0 spiro atoms. The van der Waals surface area contributed by atoms with Gasteiger partial charge in [0, 0.05) is 18.7 Å². The van der Waals surface area contributed by atoms with Crippen LogP contribution in [0.15, 0.2) is 42.5 Å². The van der Waals surface area contributed by atoms with Gasteiger partial charge in [0.2, 0.25) is 10.0 Å². The maximum absolute atomic E-state index is 13.6. The first kappa shape index (κ1) is 28.8. The Bertz CT molecular complexity index is 1150. The molecule has 1 aliphatic carbocycles. The summed E-state index contributed by atoms with van der Waals surface area (Å²) in [5.74, 6) is 1.29. The van der Waals surface area contributed by atoms with Crippen LogP contribution in [0.4, 0.5) is 16.0 Å². The van der Waals surface area contributed by atoms with Gasteiger partial charge < -0.3 is 16.4 Å². The van der Waals surface area contributed by atoms with Crippen molar-refractivity contribution in [2.75, 3.05) is 29.4 Å². The van der Waals surface area contributed by atoms with Crippen molar-refractivity contribution in [2.24, 2.45) is 17.6 Å². The minimum Gasteiger partial charge on any atom is -0.370 e. The molecule has 2 unspecified atom stereocenters. The Balaban J connectivity index is 1.94. The number of nitrogens with two attached hydrogens (primary N) is 1. The largest absolute Gasteiger partial charge is 0.370 e. The van der Waals surface area contributed by atoms with Crippen LogP contribution in [0.2, 0.25) is 0 Å². The van der Waals surface area contributed by atoms with Gasteiger partial charge in [-0.05, 0) is 62.6 Å². The van der Waals surface area contributed by atoms with Crippen molar-refractivity contribution in [3.8, 4) is 0 Å². The molecule has 0 aliphatic heterocycles. The molecule has 37 heavy (non-hydrogen) atoms. The molecule has 204 valence electrons. The molecule has 1 amide bonds. The average Bonchev–Trinajstić information content (AvgIpc) is 3.60. The lowest BCUT2D eigenvalue weighted by molar-refractivity contribution is 0.0928. The van der Waals surface area contributed by atoms with E-state index >= 15 is 0 Å². The minimum absolute atomic E-state index is 0.184. The number of nitrogens with zero attached hydrogens (tertiary/aromatic N) is 2. The number of amides is 1. The number of hydrogen-bond donors (Lipinski definition) is 3. The highest BCUT2D eigenvalue weighted by atomic mass is 32.2. The summed E-state index contributed by atoms with van der Waals surface area (Å²) in [6.07, 6.45) is 2.06. The fraction of sp³-hybridized carbons (Fsp3) is 0.556. The Morgan fingerprint density at radius 1 is 1.24 bits per heavy atom. The van der Waals surface area contributed by atoms with Gasteiger partial charge in [0.1, 0.15) is 18.3 Å². The highest BCUT2D eigenvalue weighted by Gasteiger charge is 2.33. The quantitative estimate of drug-likeness (QED) is 0.341. The number of sulfonamides is 1. The first-order chi connectivity index (χ1) is 17.6. The van der Waals surface area contributed by atoms with E-state index in [1.54, 1.807) is 19.9 Å². The summed E-state index contributed by atoms with van der Waals surface area (Å²) in [6, 6.07) is 11.0. The Hall–Kier alpha value is -2.72. The molecule has 4 atom stereocenters. The molecular formula is C27H40FN5O3S. The Labute approximate surface area is 220 Å². The van der Waals surface area contributed by atoms with Crippen LogP contribution in [0.1, 0.15) is 56.5 Å². The second-order valence-corrected chi connectivity index (χ2v) is 12.6. The number of hydrogen-bond acceptors (Lipinski definition) is 6. The monoisotopic (exact) mass is 533 g/mol. The average molecular weight is 534 g/mol. The topological polar surface area (TPSA) is 117 Å². The molecule has 0 bridgehead atoms. The first-order valence-corrected chi connectivity index (χ1v) is 14.5. The number of carbonyl (C=O) groups excluding carboxylic acids is 1. The SMILES string of the molecule is CCCN(c1cc(C(=O)N[C@@H](Cc2ccccc2)[C@@H](N)CF)cc(NCC2CC2C)n1)S(=O)(=O)C(C)C. The second kappa shape index (κ2) is 12.7. The van der Waals surface area contributed by atoms with Crippen LogP contribution in [0.5, 0.6) is 0 Å². The Morgan fingerprint density at radius 2 is 1.92 bits per heavy atom. The molecule has 0 radical (unpaired) electrons. The number of anilines is 2. The Kier molecular flexibility index (Phi) is 9.89. The van der Waals surface area contributed by atoms with Crippen molar-refractivity contribution in [3.05, 3.63) is 53.6 Å². The molecule has 0 saturated heterocycles. The molecule has 1 fully saturated rings. The van der Waals surface area contributed by atoms with E-state index in [1.165, 1.54) is 10.4 Å². The van der Waals surface area contributed by atoms with Gasteiger partial charge in [-0.15, -0.1) is 0 Å². The van der Waals surface area contributed by atoms with Crippen LogP contribution in [-0.2, 0) is 16.4 Å². The number of rotatable bonds is 14. The van der Waals surface area contributed by atoms with E-state index in [2.05, 4.69) is 22.5 Å². The highest BCUT2D eigenvalue weighted by Crippen LogP contribution is 2.37. The van der Waals surface area contributed by atoms with Gasteiger partial charge in [-0.1, -0.05) is 44.2 Å². The predicted molar refractivity (Wildman–Crippen MR) is 147 cm³/mol. The fourth-order valence-corrected chi connectivity index (χ4v) is 5.45. The molecular weight excluding hydrogens is 493 g/mol. The van der Waals surface area contributed by atoms with E-state index < -0.39 is 39.9 Å². The molecule has 1 aromatic heterocycles. The van der Waals surface area contributed by atoms with E-state index in [0.717, 1.165) is 12.0 Å². The molecule has 10 heteroatoms. The first-order valence-electron chi connectivity index (χ1n) is 13.0. The van der Waals surface area contributed by atoms with E-state index in [-0.39, 0.29) is 17.9 Å². The van der Waals surface area contributed by atoms with Crippen molar-refractivity contribution in [1.29, 1.82) is 0 Å². The highest BCUT2D eigenvalue weighted by molar-refractivity contribution is 7.93. The van der Waals surface area contributed by atoms with Crippen molar-refractivity contribution >= 4 is 27.6 Å². The number of benzene rings is 1. The molecule has 3 rings (SSSR count). The molecule has 1 aliphatic rings. The van der Waals surface area contributed by atoms with E-state index in [1.807, 2.05) is 37.3 Å². The summed E-state index contributed by atoms with van der Waals surface area (Å²) in [4.78, 5) is 18.0. The fourth-order valence-electron chi connectivity index (χ4n) is 4.15. The van der Waals surface area contributed by atoms with Gasteiger partial charge in [0.25, 0.3) is 5.91 Å². The van der Waals surface area contributed by atoms with Gasteiger partial charge in [0.15, 0.2) is 0 Å². The van der Waals surface area contributed by atoms with Crippen LogP contribution in [-0.4, -0.2) is 56.4 Å². The maximum atomic E-state index is 13.6. The zero-order valence-electron chi connectivity index (χ0n) is 22.2. The summed E-state index contributed by atoms with van der Waals surface area (Å²) in [5, 5.41) is 5.50. The molecule has 1 saturated carbocycles. The third kappa shape index (κ3) is 7.64. The van der Waals surface area contributed by atoms with Crippen LogP contribution < -0.4 is 20.7 Å². The van der Waals surface area contributed by atoms with Crippen LogP contribution in [0, 0.1) is 11.8 Å². The zero-order valence-corrected chi connectivity index (χ0v) is 23.0. The van der Waals surface area contributed by atoms with Crippen LogP contribution in [0.25, 0.3) is 0 Å². The van der Waals surface area contributed by atoms with Gasteiger partial charge >= 0.3 is 0 Å². The van der Waals surface area contributed by atoms with Crippen molar-refractivity contribution in [1.82, 2.24) is 10.3 Å². The number of pyridine rings is 1. The van der Waals surface area contributed by atoms with E-state index in [0.29, 0.717) is 37.0 Å². The smallest absolute Gasteiger partial charge is 0.251 e. The lowest BCUT2D eigenvalue weighted by atomic mass is 10.00. The number of nitrogens with one attached hydrogen (secondary N) is 2. The van der Waals surface area contributed by atoms with Crippen LogP contribution >= 0.6 is 0 Å². The van der Waals surface area contributed by atoms with Gasteiger partial charge in [-0.2, -0.15) is 0 Å². The standard InChI is InChI=1S/C27H40FN5O3S/c1-5-11-33(37(35,36)18(2)3)26-15-21(14-25(32-26)30-17-22-12-19(22)4)27(34)31-24(23(29)16-28)13-20-9-7-6-8-10-20/h6-10,14-15,18-19,22-24H,5,11-13,16-17,29H2,1-4H3,(H,30,32)(H,31,34)/t19?,22?,23-,24-/m0/s1. The Morgan fingerprint density at radius 3 is 2.49 bits per heavy atom. The lowest BCUT2D eigenvalue weighted by Gasteiger charge is -2.27. The number of alkyl halides is 1. The van der Waals surface area contributed by atoms with E-state index in [9.17, 15) is 17.6 Å². The van der Waals surface area contributed by atoms with Crippen molar-refractivity contribution < 1.29 is 17.6 Å². The van der Waals surface area contributed by atoms with E-state index in [4.69, 9.17) is 5.73 Å². The van der Waals surface area contributed by atoms with Crippen LogP contribution in [0.3, 0.4) is 0 Å². The normalized spacial score (nSPS) is 18.8. The summed E-state index contributed by atoms with van der Waals surface area (Å²) in [6.45, 7) is 7.44. The summed E-state index contributed by atoms with van der Waals surface area (Å²) < 4.78 is 41.1. The third-order valence-corrected chi connectivity index (χ3v) is 8.97. The lowest BCUT2D eigenvalue weighted by Crippen LogP contribution is -2.50. The summed E-state index contributed by atoms with van der Waals surface area (Å²) in [7, 11) is -3.68. The minimum atomic E-state index is -3.68. The molecule has 4 N–H and O–H groups in total. The molecule has 8 nitrogen and oxygen atoms in total. The zero-order chi connectivity index (χ0) is 27.2. The maximum Gasteiger partial charge on any atom is 0.251 e. The molecule has 1 aromatic carbocycles. The summed E-state index contributed by atoms with van der Waals surface area (Å²) in [5.41, 5.74) is 7.19. The predicted octanol–water partition coefficient (Wildman–Crippen LogP) is 3.74. The van der Waals surface area contributed by atoms with Gasteiger partial charge in [-0.3, -0.25) is 9.10 Å². The molecule has 2 aromatic rings. The summed E-state index contributed by atoms with van der Waals surface area (Å²) >= 11 is 0. The van der Waals surface area contributed by atoms with Crippen molar-refractivity contribution in [3.63, 3.8) is 0 Å². The third-order valence-electron chi connectivity index (χ3n) is 6.79. The van der Waals surface area contributed by atoms with Gasteiger partial charge in [0.05, 0.1) is 17.3 Å². The number of carbonyl (C=O) groups is 1.